The standard InChI is InChI=1S/C14H14N2O3S/c1-18-12-4-2-3-5-13(12)19-9-14(17)16-15-8-11-6-7-20-10-11/h2-8,10H,9H2,1H3,(H,16,17)/b15-8-. The third-order valence-corrected chi connectivity index (χ3v) is 3.08. The first-order valence-corrected chi connectivity index (χ1v) is 6.84. The van der Waals surface area contributed by atoms with E-state index in [-0.39, 0.29) is 12.5 Å². The number of nitrogens with zero attached hydrogens (tertiary/aromatic N) is 1. The predicted molar refractivity (Wildman–Crippen MR) is 78.5 cm³/mol. The average molecular weight is 290 g/mol. The van der Waals surface area contributed by atoms with E-state index in [1.54, 1.807) is 36.8 Å². The molecule has 1 heterocycles. The molecule has 1 amide bonds. The van der Waals surface area contributed by atoms with Crippen LogP contribution < -0.4 is 14.9 Å². The van der Waals surface area contributed by atoms with Gasteiger partial charge in [-0.3, -0.25) is 4.79 Å². The summed E-state index contributed by atoms with van der Waals surface area (Å²) < 4.78 is 10.5. The highest BCUT2D eigenvalue weighted by atomic mass is 32.1. The summed E-state index contributed by atoms with van der Waals surface area (Å²) in [5.74, 6) is 0.774. The van der Waals surface area contributed by atoms with E-state index in [0.717, 1.165) is 5.56 Å². The number of hydrogen-bond donors (Lipinski definition) is 1. The first-order chi connectivity index (χ1) is 9.79. The molecule has 0 aliphatic heterocycles. The SMILES string of the molecule is COc1ccccc1OCC(=O)N/N=C\c1ccsc1. The second kappa shape index (κ2) is 7.30. The fraction of sp³-hybridized carbons (Fsp3) is 0.143. The minimum absolute atomic E-state index is 0.124. The van der Waals surface area contributed by atoms with E-state index in [9.17, 15) is 4.79 Å². The Morgan fingerprint density at radius 3 is 2.85 bits per heavy atom. The predicted octanol–water partition coefficient (Wildman–Crippen LogP) is 2.29. The van der Waals surface area contributed by atoms with Crippen LogP contribution >= 0.6 is 11.3 Å². The van der Waals surface area contributed by atoms with Crippen LogP contribution in [0.4, 0.5) is 0 Å². The summed E-state index contributed by atoms with van der Waals surface area (Å²) in [6.45, 7) is -0.124. The Labute approximate surface area is 120 Å². The molecule has 0 spiro atoms. The molecule has 0 bridgehead atoms. The van der Waals surface area contributed by atoms with Gasteiger partial charge in [0.05, 0.1) is 13.3 Å². The normalized spacial score (nSPS) is 10.4. The zero-order valence-electron chi connectivity index (χ0n) is 10.9. The van der Waals surface area contributed by atoms with Crippen LogP contribution in [-0.2, 0) is 4.79 Å². The van der Waals surface area contributed by atoms with Crippen molar-refractivity contribution in [3.8, 4) is 11.5 Å². The molecule has 104 valence electrons. The Kier molecular flexibility index (Phi) is 5.14. The molecule has 0 aliphatic carbocycles. The van der Waals surface area contributed by atoms with Crippen LogP contribution in [0, 0.1) is 0 Å². The van der Waals surface area contributed by atoms with Crippen LogP contribution in [0.5, 0.6) is 11.5 Å². The van der Waals surface area contributed by atoms with Crippen molar-refractivity contribution in [3.05, 3.63) is 46.7 Å². The summed E-state index contributed by atoms with van der Waals surface area (Å²) in [4.78, 5) is 11.6. The quantitative estimate of drug-likeness (QED) is 0.656. The van der Waals surface area contributed by atoms with Crippen molar-refractivity contribution in [3.63, 3.8) is 0 Å². The molecule has 0 unspecified atom stereocenters. The van der Waals surface area contributed by atoms with Gasteiger partial charge in [0, 0.05) is 5.56 Å². The van der Waals surface area contributed by atoms with Gasteiger partial charge in [0.1, 0.15) is 0 Å². The monoisotopic (exact) mass is 290 g/mol. The van der Waals surface area contributed by atoms with E-state index in [2.05, 4.69) is 10.5 Å². The molecule has 2 aromatic rings. The lowest BCUT2D eigenvalue weighted by atomic mass is 10.3. The number of thiophene rings is 1. The first kappa shape index (κ1) is 14.1. The van der Waals surface area contributed by atoms with E-state index in [1.807, 2.05) is 29.0 Å². The molecule has 1 N–H and O–H groups in total. The maximum atomic E-state index is 11.6. The summed E-state index contributed by atoms with van der Waals surface area (Å²) in [6, 6.07) is 9.05. The molecule has 1 aromatic heterocycles. The molecule has 0 saturated carbocycles. The number of ether oxygens (including phenoxy) is 2. The Morgan fingerprint density at radius 2 is 2.15 bits per heavy atom. The lowest BCUT2D eigenvalue weighted by Gasteiger charge is -2.08. The van der Waals surface area contributed by atoms with Crippen LogP contribution in [0.1, 0.15) is 5.56 Å². The third-order valence-electron chi connectivity index (χ3n) is 2.37. The molecule has 0 atom stereocenters. The Bertz CT molecular complexity index is 582. The molecular formula is C14H14N2O3S. The minimum Gasteiger partial charge on any atom is -0.493 e. The zero-order valence-corrected chi connectivity index (χ0v) is 11.7. The molecule has 0 fully saturated rings. The molecule has 0 radical (unpaired) electrons. The van der Waals surface area contributed by atoms with Gasteiger partial charge in [-0.2, -0.15) is 16.4 Å². The fourth-order valence-corrected chi connectivity index (χ4v) is 2.05. The number of rotatable bonds is 6. The van der Waals surface area contributed by atoms with E-state index < -0.39 is 0 Å². The summed E-state index contributed by atoms with van der Waals surface area (Å²) in [6.07, 6.45) is 1.58. The summed E-state index contributed by atoms with van der Waals surface area (Å²) in [5, 5.41) is 7.71. The van der Waals surface area contributed by atoms with Crippen LogP contribution in [0.3, 0.4) is 0 Å². The number of methoxy groups -OCH3 is 1. The van der Waals surface area contributed by atoms with Crippen LogP contribution in [0.2, 0.25) is 0 Å². The lowest BCUT2D eigenvalue weighted by molar-refractivity contribution is -0.123. The number of amides is 1. The van der Waals surface area contributed by atoms with E-state index in [1.165, 1.54) is 0 Å². The van der Waals surface area contributed by atoms with Crippen molar-refractivity contribution in [2.24, 2.45) is 5.10 Å². The first-order valence-electron chi connectivity index (χ1n) is 5.89. The summed E-state index contributed by atoms with van der Waals surface area (Å²) in [5.41, 5.74) is 3.34. The molecule has 0 aliphatic rings. The highest BCUT2D eigenvalue weighted by molar-refractivity contribution is 7.08. The van der Waals surface area contributed by atoms with Crippen molar-refractivity contribution < 1.29 is 14.3 Å². The number of para-hydroxylation sites is 2. The van der Waals surface area contributed by atoms with Gasteiger partial charge in [-0.1, -0.05) is 12.1 Å². The molecule has 5 nitrogen and oxygen atoms in total. The van der Waals surface area contributed by atoms with Crippen LogP contribution in [0.25, 0.3) is 0 Å². The van der Waals surface area contributed by atoms with Crippen molar-refractivity contribution >= 4 is 23.5 Å². The average Bonchev–Trinajstić information content (AvgIpc) is 2.98. The molecular weight excluding hydrogens is 276 g/mol. The second-order valence-electron chi connectivity index (χ2n) is 3.79. The number of nitrogens with one attached hydrogen (secondary N) is 1. The van der Waals surface area contributed by atoms with Gasteiger partial charge in [-0.15, -0.1) is 0 Å². The van der Waals surface area contributed by atoms with Gasteiger partial charge in [0.15, 0.2) is 18.1 Å². The second-order valence-corrected chi connectivity index (χ2v) is 4.57. The number of benzene rings is 1. The van der Waals surface area contributed by atoms with E-state index in [0.29, 0.717) is 11.5 Å². The number of hydrazone groups is 1. The summed E-state index contributed by atoms with van der Waals surface area (Å²) in [7, 11) is 1.55. The van der Waals surface area contributed by atoms with Crippen LogP contribution in [0.15, 0.2) is 46.2 Å². The molecule has 2 rings (SSSR count). The van der Waals surface area contributed by atoms with Crippen molar-refractivity contribution in [1.29, 1.82) is 0 Å². The molecule has 1 aromatic carbocycles. The van der Waals surface area contributed by atoms with Crippen molar-refractivity contribution in [2.75, 3.05) is 13.7 Å². The zero-order chi connectivity index (χ0) is 14.2. The van der Waals surface area contributed by atoms with Gasteiger partial charge in [-0.05, 0) is 29.0 Å². The van der Waals surface area contributed by atoms with Gasteiger partial charge < -0.3 is 9.47 Å². The van der Waals surface area contributed by atoms with Gasteiger partial charge in [-0.25, -0.2) is 5.43 Å². The molecule has 6 heteroatoms. The Morgan fingerprint density at radius 1 is 1.35 bits per heavy atom. The number of carbonyl (C=O) groups excluding carboxylic acids is 1. The number of hydrogen-bond acceptors (Lipinski definition) is 5. The molecule has 20 heavy (non-hydrogen) atoms. The third kappa shape index (κ3) is 4.10. The lowest BCUT2D eigenvalue weighted by Crippen LogP contribution is -2.24. The maximum Gasteiger partial charge on any atom is 0.277 e. The minimum atomic E-state index is -0.331. The topological polar surface area (TPSA) is 59.9 Å². The van der Waals surface area contributed by atoms with Gasteiger partial charge in [0.25, 0.3) is 5.91 Å². The van der Waals surface area contributed by atoms with Crippen molar-refractivity contribution in [2.45, 2.75) is 0 Å². The smallest absolute Gasteiger partial charge is 0.277 e. The fourth-order valence-electron chi connectivity index (χ4n) is 1.44. The maximum absolute atomic E-state index is 11.6. The molecule has 0 saturated heterocycles. The Hall–Kier alpha value is -2.34. The van der Waals surface area contributed by atoms with Gasteiger partial charge >= 0.3 is 0 Å². The largest absolute Gasteiger partial charge is 0.493 e. The highest BCUT2D eigenvalue weighted by Gasteiger charge is 2.05. The van der Waals surface area contributed by atoms with E-state index in [4.69, 9.17) is 9.47 Å². The van der Waals surface area contributed by atoms with Crippen LogP contribution in [-0.4, -0.2) is 25.8 Å². The summed E-state index contributed by atoms with van der Waals surface area (Å²) >= 11 is 1.57. The number of carbonyl (C=O) groups is 1. The Balaban J connectivity index is 1.80. The van der Waals surface area contributed by atoms with Crippen molar-refractivity contribution in [1.82, 2.24) is 5.43 Å². The van der Waals surface area contributed by atoms with Gasteiger partial charge in [0.2, 0.25) is 0 Å². The van der Waals surface area contributed by atoms with E-state index >= 15 is 0 Å². The highest BCUT2D eigenvalue weighted by Crippen LogP contribution is 2.25.